The summed E-state index contributed by atoms with van der Waals surface area (Å²) >= 11 is 1.46. The van der Waals surface area contributed by atoms with Crippen molar-refractivity contribution in [1.29, 1.82) is 5.26 Å². The van der Waals surface area contributed by atoms with Crippen molar-refractivity contribution in [3.63, 3.8) is 0 Å². The fraction of sp³-hybridized carbons (Fsp3) is 0.385. The summed E-state index contributed by atoms with van der Waals surface area (Å²) in [5.74, 6) is 0.0898. The van der Waals surface area contributed by atoms with E-state index in [0.29, 0.717) is 30.1 Å². The number of aromatic nitrogens is 2. The molecule has 2 unspecified atom stereocenters. The summed E-state index contributed by atoms with van der Waals surface area (Å²) in [6.45, 7) is 2.72. The number of hydrogen-bond acceptors (Lipinski definition) is 6. The molecule has 8 nitrogen and oxygen atoms in total. The van der Waals surface area contributed by atoms with E-state index in [1.165, 1.54) is 11.3 Å². The van der Waals surface area contributed by atoms with Gasteiger partial charge in [-0.1, -0.05) is 13.0 Å². The minimum Gasteiger partial charge on any atom is -0.449 e. The highest BCUT2D eigenvalue weighted by atomic mass is 32.1. The van der Waals surface area contributed by atoms with Gasteiger partial charge in [0.25, 0.3) is 0 Å². The van der Waals surface area contributed by atoms with Crippen LogP contribution in [0, 0.1) is 17.2 Å². The van der Waals surface area contributed by atoms with Gasteiger partial charge in [-0.15, -0.1) is 11.3 Å². The Balaban J connectivity index is 1.31. The summed E-state index contributed by atoms with van der Waals surface area (Å²) in [7, 11) is 1.93. The van der Waals surface area contributed by atoms with Crippen LogP contribution < -0.4 is 10.6 Å². The molecule has 2 amide bonds. The number of nitriles is 1. The molecule has 3 aromatic heterocycles. The molecule has 9 heteroatoms. The maximum Gasteiger partial charge on any atom is 0.407 e. The summed E-state index contributed by atoms with van der Waals surface area (Å²) in [4.78, 5) is 30.0. The molecular weight excluding hydrogens is 462 g/mol. The van der Waals surface area contributed by atoms with E-state index in [1.54, 1.807) is 12.4 Å². The van der Waals surface area contributed by atoms with Crippen molar-refractivity contribution in [3.8, 4) is 6.07 Å². The molecule has 1 aliphatic carbocycles. The molecule has 0 saturated carbocycles. The van der Waals surface area contributed by atoms with E-state index in [4.69, 9.17) is 4.74 Å². The minimum absolute atomic E-state index is 0.0260. The third-order valence-electron chi connectivity index (χ3n) is 6.39. The van der Waals surface area contributed by atoms with E-state index in [2.05, 4.69) is 21.7 Å². The first kappa shape index (κ1) is 24.5. The third kappa shape index (κ3) is 6.08. The standard InChI is InChI=1S/C26H29N5O3S/c1-17(19-5-3-9-28-14-19)11-24(32)30-25-22(13-27)21-8-7-18(12-23(21)35-25)16-34-26(33)29-15-20-6-4-10-31(20)2/h3-6,9-10,14,17-18H,7-8,11-12,15-16H2,1-2H3,(H,29,33)(H,30,32). The maximum atomic E-state index is 12.7. The SMILES string of the molecule is CC(CC(=O)Nc1sc2c(c1C#N)CCC(COC(=O)NCc1cccn1C)C2)c1cccnc1. The first-order valence-corrected chi connectivity index (χ1v) is 12.5. The molecule has 0 aromatic carbocycles. The van der Waals surface area contributed by atoms with Gasteiger partial charge in [-0.25, -0.2) is 4.79 Å². The predicted molar refractivity (Wildman–Crippen MR) is 134 cm³/mol. The number of pyridine rings is 1. The fourth-order valence-electron chi connectivity index (χ4n) is 4.33. The van der Waals surface area contributed by atoms with Crippen LogP contribution in [-0.4, -0.2) is 28.2 Å². The van der Waals surface area contributed by atoms with Crippen molar-refractivity contribution in [3.05, 3.63) is 70.1 Å². The predicted octanol–water partition coefficient (Wildman–Crippen LogP) is 4.52. The number of nitrogens with one attached hydrogen (secondary N) is 2. The number of carbonyl (C=O) groups excluding carboxylic acids is 2. The Morgan fingerprint density at radius 1 is 1.37 bits per heavy atom. The maximum absolute atomic E-state index is 12.7. The number of amides is 2. The summed E-state index contributed by atoms with van der Waals surface area (Å²) < 4.78 is 7.40. The number of thiophene rings is 1. The zero-order valence-electron chi connectivity index (χ0n) is 19.9. The van der Waals surface area contributed by atoms with Gasteiger partial charge < -0.3 is 19.9 Å². The first-order valence-electron chi connectivity index (χ1n) is 11.7. The molecule has 0 radical (unpaired) electrons. The van der Waals surface area contributed by atoms with Crippen molar-refractivity contribution in [2.75, 3.05) is 11.9 Å². The van der Waals surface area contributed by atoms with Crippen LogP contribution >= 0.6 is 11.3 Å². The van der Waals surface area contributed by atoms with E-state index >= 15 is 0 Å². The topological polar surface area (TPSA) is 109 Å². The lowest BCUT2D eigenvalue weighted by Crippen LogP contribution is -2.28. The number of nitrogens with zero attached hydrogens (tertiary/aromatic N) is 3. The van der Waals surface area contributed by atoms with Crippen LogP contribution in [-0.2, 0) is 36.0 Å². The number of aryl methyl sites for hydroxylation is 1. The first-order chi connectivity index (χ1) is 16.9. The van der Waals surface area contributed by atoms with Crippen LogP contribution in [0.3, 0.4) is 0 Å². The van der Waals surface area contributed by atoms with E-state index in [0.717, 1.165) is 41.0 Å². The normalized spacial score (nSPS) is 15.5. The number of carbonyl (C=O) groups is 2. The molecule has 35 heavy (non-hydrogen) atoms. The number of anilines is 1. The number of hydrogen-bond donors (Lipinski definition) is 2. The van der Waals surface area contributed by atoms with Crippen molar-refractivity contribution in [1.82, 2.24) is 14.9 Å². The fourth-order valence-corrected chi connectivity index (χ4v) is 5.66. The minimum atomic E-state index is -0.434. The number of rotatable bonds is 8. The van der Waals surface area contributed by atoms with Crippen LogP contribution in [0.25, 0.3) is 0 Å². The molecule has 4 rings (SSSR count). The number of fused-ring (bicyclic) bond motifs is 1. The lowest BCUT2D eigenvalue weighted by molar-refractivity contribution is -0.116. The largest absolute Gasteiger partial charge is 0.449 e. The second-order valence-corrected chi connectivity index (χ2v) is 10.0. The molecule has 2 atom stereocenters. The second-order valence-electron chi connectivity index (χ2n) is 8.93. The Kier molecular flexibility index (Phi) is 7.83. The van der Waals surface area contributed by atoms with Crippen LogP contribution in [0.2, 0.25) is 0 Å². The van der Waals surface area contributed by atoms with Gasteiger partial charge in [-0.2, -0.15) is 5.26 Å². The average molecular weight is 492 g/mol. The zero-order chi connectivity index (χ0) is 24.8. The number of ether oxygens (including phenoxy) is 1. The molecule has 3 heterocycles. The molecule has 0 aliphatic heterocycles. The number of alkyl carbamates (subject to hydrolysis) is 1. The van der Waals surface area contributed by atoms with Gasteiger partial charge in [0.2, 0.25) is 5.91 Å². The summed E-state index contributed by atoms with van der Waals surface area (Å²) in [5.41, 5.74) is 3.57. The van der Waals surface area contributed by atoms with E-state index in [9.17, 15) is 14.9 Å². The zero-order valence-corrected chi connectivity index (χ0v) is 20.7. The van der Waals surface area contributed by atoms with Gasteiger partial charge >= 0.3 is 6.09 Å². The van der Waals surface area contributed by atoms with E-state index in [-0.39, 0.29) is 17.7 Å². The highest BCUT2D eigenvalue weighted by Crippen LogP contribution is 2.39. The molecule has 2 N–H and O–H groups in total. The molecule has 0 bridgehead atoms. The average Bonchev–Trinajstić information content (AvgIpc) is 3.43. The van der Waals surface area contributed by atoms with Crippen LogP contribution in [0.1, 0.15) is 52.9 Å². The molecule has 182 valence electrons. The van der Waals surface area contributed by atoms with E-state index < -0.39 is 6.09 Å². The van der Waals surface area contributed by atoms with Crippen molar-refractivity contribution >= 4 is 28.3 Å². The van der Waals surface area contributed by atoms with Gasteiger partial charge in [-0.3, -0.25) is 9.78 Å². The third-order valence-corrected chi connectivity index (χ3v) is 7.56. The lowest BCUT2D eigenvalue weighted by atomic mass is 9.88. The van der Waals surface area contributed by atoms with Crippen molar-refractivity contribution in [2.24, 2.45) is 13.0 Å². The Labute approximate surface area is 208 Å². The summed E-state index contributed by atoms with van der Waals surface area (Å²) in [6, 6.07) is 9.97. The second kappa shape index (κ2) is 11.2. The van der Waals surface area contributed by atoms with E-state index in [1.807, 2.05) is 49.0 Å². The summed E-state index contributed by atoms with van der Waals surface area (Å²) in [6.07, 6.45) is 7.57. The lowest BCUT2D eigenvalue weighted by Gasteiger charge is -2.21. The highest BCUT2D eigenvalue weighted by Gasteiger charge is 2.27. The van der Waals surface area contributed by atoms with Gasteiger partial charge in [0.1, 0.15) is 11.1 Å². The van der Waals surface area contributed by atoms with Crippen molar-refractivity contribution < 1.29 is 14.3 Å². The monoisotopic (exact) mass is 491 g/mol. The van der Waals surface area contributed by atoms with Gasteiger partial charge in [0, 0.05) is 42.6 Å². The molecule has 0 spiro atoms. The van der Waals surface area contributed by atoms with Gasteiger partial charge in [0.05, 0.1) is 18.7 Å². The summed E-state index contributed by atoms with van der Waals surface area (Å²) in [5, 5.41) is 16.1. The smallest absolute Gasteiger partial charge is 0.407 e. The Morgan fingerprint density at radius 3 is 2.94 bits per heavy atom. The Bertz CT molecular complexity index is 1230. The molecular formula is C26H29N5O3S. The quantitative estimate of drug-likeness (QED) is 0.482. The Morgan fingerprint density at radius 2 is 2.23 bits per heavy atom. The Hall–Kier alpha value is -3.64. The van der Waals surface area contributed by atoms with Crippen LogP contribution in [0.4, 0.5) is 9.80 Å². The molecule has 1 aliphatic rings. The van der Waals surface area contributed by atoms with Crippen LogP contribution in [0.5, 0.6) is 0 Å². The molecule has 3 aromatic rings. The van der Waals surface area contributed by atoms with Gasteiger partial charge in [-0.05, 0) is 60.4 Å². The van der Waals surface area contributed by atoms with Crippen LogP contribution in [0.15, 0.2) is 42.9 Å². The highest BCUT2D eigenvalue weighted by molar-refractivity contribution is 7.16. The molecule has 0 saturated heterocycles. The molecule has 0 fully saturated rings. The van der Waals surface area contributed by atoms with Crippen molar-refractivity contribution in [2.45, 2.75) is 45.1 Å². The van der Waals surface area contributed by atoms with Gasteiger partial charge in [0.15, 0.2) is 0 Å².